The molecule has 0 aliphatic carbocycles. The molecular formula is C15H12BrClN2O3. The molecule has 2 aromatic carbocycles. The predicted molar refractivity (Wildman–Crippen MR) is 88.9 cm³/mol. The number of ether oxygens (including phenoxy) is 1. The largest absolute Gasteiger partial charge is 0.503 e. The monoisotopic (exact) mass is 382 g/mol. The highest BCUT2D eigenvalue weighted by Crippen LogP contribution is 2.34. The van der Waals surface area contributed by atoms with Gasteiger partial charge in [0.1, 0.15) is 0 Å². The second kappa shape index (κ2) is 7.29. The Kier molecular flexibility index (Phi) is 5.41. The summed E-state index contributed by atoms with van der Waals surface area (Å²) in [5, 5.41) is 14.1. The maximum atomic E-state index is 11.8. The predicted octanol–water partition coefficient (Wildman–Crippen LogP) is 3.58. The number of methoxy groups -OCH3 is 1. The molecule has 0 bridgehead atoms. The standard InChI is InChI=1S/C15H12BrClN2O3/c1-22-13-7-9(6-12(16)14(13)20)8-18-19-15(21)10-2-4-11(17)5-3-10/h2-8,20H,1H3,(H,19,21)/b18-8+. The molecule has 0 saturated heterocycles. The quantitative estimate of drug-likeness (QED) is 0.626. The number of hydrogen-bond donors (Lipinski definition) is 2. The van der Waals surface area contributed by atoms with Gasteiger partial charge >= 0.3 is 0 Å². The summed E-state index contributed by atoms with van der Waals surface area (Å²) in [5.41, 5.74) is 3.51. The first kappa shape index (κ1) is 16.3. The summed E-state index contributed by atoms with van der Waals surface area (Å²) in [6, 6.07) is 9.71. The van der Waals surface area contributed by atoms with Gasteiger partial charge in [0.25, 0.3) is 5.91 Å². The molecule has 2 aromatic rings. The fourth-order valence-corrected chi connectivity index (χ4v) is 2.24. The first-order valence-electron chi connectivity index (χ1n) is 6.16. The van der Waals surface area contributed by atoms with Crippen LogP contribution in [0.5, 0.6) is 11.5 Å². The molecule has 0 aliphatic rings. The summed E-state index contributed by atoms with van der Waals surface area (Å²) in [6.45, 7) is 0. The van der Waals surface area contributed by atoms with Crippen LogP contribution in [-0.4, -0.2) is 24.3 Å². The van der Waals surface area contributed by atoms with Crippen molar-refractivity contribution in [3.05, 3.63) is 57.0 Å². The Morgan fingerprint density at radius 3 is 2.68 bits per heavy atom. The number of hydrazone groups is 1. The minimum atomic E-state index is -0.349. The number of carbonyl (C=O) groups is 1. The lowest BCUT2D eigenvalue weighted by atomic mass is 10.2. The van der Waals surface area contributed by atoms with E-state index in [9.17, 15) is 9.90 Å². The van der Waals surface area contributed by atoms with Gasteiger partial charge in [-0.25, -0.2) is 5.43 Å². The van der Waals surface area contributed by atoms with E-state index in [2.05, 4.69) is 26.5 Å². The van der Waals surface area contributed by atoms with Gasteiger partial charge < -0.3 is 9.84 Å². The number of hydrogen-bond acceptors (Lipinski definition) is 4. The number of phenolic OH excluding ortho intramolecular Hbond substituents is 1. The van der Waals surface area contributed by atoms with Crippen LogP contribution >= 0.6 is 27.5 Å². The molecule has 0 radical (unpaired) electrons. The second-order valence-corrected chi connectivity index (χ2v) is 5.55. The molecule has 0 atom stereocenters. The van der Waals surface area contributed by atoms with Crippen molar-refractivity contribution in [3.63, 3.8) is 0 Å². The van der Waals surface area contributed by atoms with Crippen molar-refractivity contribution in [2.45, 2.75) is 0 Å². The molecular weight excluding hydrogens is 372 g/mol. The molecule has 114 valence electrons. The third kappa shape index (κ3) is 3.99. The smallest absolute Gasteiger partial charge is 0.271 e. The number of nitrogens with zero attached hydrogens (tertiary/aromatic N) is 1. The first-order chi connectivity index (χ1) is 10.5. The zero-order valence-corrected chi connectivity index (χ0v) is 13.9. The summed E-state index contributed by atoms with van der Waals surface area (Å²) in [5.74, 6) is -0.0394. The van der Waals surface area contributed by atoms with Crippen LogP contribution in [0, 0.1) is 0 Å². The van der Waals surface area contributed by atoms with Gasteiger partial charge in [0.2, 0.25) is 0 Å². The van der Waals surface area contributed by atoms with E-state index in [1.165, 1.54) is 13.3 Å². The van der Waals surface area contributed by atoms with Crippen LogP contribution in [0.2, 0.25) is 5.02 Å². The SMILES string of the molecule is COc1cc(/C=N/NC(=O)c2ccc(Cl)cc2)cc(Br)c1O. The lowest BCUT2D eigenvalue weighted by molar-refractivity contribution is 0.0955. The van der Waals surface area contributed by atoms with Crippen LogP contribution in [0.4, 0.5) is 0 Å². The third-order valence-corrected chi connectivity index (χ3v) is 3.61. The Morgan fingerprint density at radius 2 is 2.05 bits per heavy atom. The highest BCUT2D eigenvalue weighted by molar-refractivity contribution is 9.10. The van der Waals surface area contributed by atoms with Crippen LogP contribution < -0.4 is 10.2 Å². The molecule has 0 spiro atoms. The van der Waals surface area contributed by atoms with Crippen LogP contribution in [0.1, 0.15) is 15.9 Å². The number of nitrogens with one attached hydrogen (secondary N) is 1. The van der Waals surface area contributed by atoms with Gasteiger partial charge in [-0.1, -0.05) is 11.6 Å². The molecule has 22 heavy (non-hydrogen) atoms. The molecule has 2 N–H and O–H groups in total. The maximum Gasteiger partial charge on any atom is 0.271 e. The average molecular weight is 384 g/mol. The highest BCUT2D eigenvalue weighted by Gasteiger charge is 2.08. The van der Waals surface area contributed by atoms with E-state index in [-0.39, 0.29) is 11.7 Å². The molecule has 7 heteroatoms. The summed E-state index contributed by atoms with van der Waals surface area (Å²) in [4.78, 5) is 11.8. The van der Waals surface area contributed by atoms with Crippen molar-refractivity contribution >= 4 is 39.7 Å². The van der Waals surface area contributed by atoms with E-state index in [1.807, 2.05) is 0 Å². The molecule has 0 heterocycles. The van der Waals surface area contributed by atoms with Crippen molar-refractivity contribution in [1.82, 2.24) is 5.43 Å². The third-order valence-electron chi connectivity index (χ3n) is 2.76. The van der Waals surface area contributed by atoms with Crippen LogP contribution in [0.25, 0.3) is 0 Å². The van der Waals surface area contributed by atoms with Gasteiger partial charge in [-0.05, 0) is 57.9 Å². The molecule has 0 fully saturated rings. The molecule has 5 nitrogen and oxygen atoms in total. The van der Waals surface area contributed by atoms with Gasteiger partial charge in [0.05, 0.1) is 17.8 Å². The van der Waals surface area contributed by atoms with E-state index >= 15 is 0 Å². The van der Waals surface area contributed by atoms with E-state index in [0.717, 1.165) is 0 Å². The van der Waals surface area contributed by atoms with Crippen molar-refractivity contribution in [2.75, 3.05) is 7.11 Å². The molecule has 0 saturated carbocycles. The molecule has 2 rings (SSSR count). The summed E-state index contributed by atoms with van der Waals surface area (Å²) in [7, 11) is 1.45. The Labute approximate surface area is 140 Å². The minimum Gasteiger partial charge on any atom is -0.503 e. The Hall–Kier alpha value is -2.05. The Balaban J connectivity index is 2.08. The number of carbonyl (C=O) groups excluding carboxylic acids is 1. The molecule has 1 amide bonds. The summed E-state index contributed by atoms with van der Waals surface area (Å²) in [6.07, 6.45) is 1.44. The second-order valence-electron chi connectivity index (χ2n) is 4.26. The first-order valence-corrected chi connectivity index (χ1v) is 7.34. The molecule has 0 unspecified atom stereocenters. The number of halogens is 2. The zero-order chi connectivity index (χ0) is 16.1. The van der Waals surface area contributed by atoms with Crippen molar-refractivity contribution in [3.8, 4) is 11.5 Å². The normalized spacial score (nSPS) is 10.7. The van der Waals surface area contributed by atoms with Gasteiger partial charge in [0.15, 0.2) is 11.5 Å². The van der Waals surface area contributed by atoms with Crippen LogP contribution in [0.3, 0.4) is 0 Å². The van der Waals surface area contributed by atoms with Gasteiger partial charge in [-0.3, -0.25) is 4.79 Å². The number of benzene rings is 2. The van der Waals surface area contributed by atoms with Gasteiger partial charge in [0, 0.05) is 10.6 Å². The average Bonchev–Trinajstić information content (AvgIpc) is 2.51. The molecule has 0 aromatic heterocycles. The van der Waals surface area contributed by atoms with Crippen LogP contribution in [-0.2, 0) is 0 Å². The lowest BCUT2D eigenvalue weighted by Gasteiger charge is -2.06. The Bertz CT molecular complexity index is 717. The fourth-order valence-electron chi connectivity index (χ4n) is 1.66. The van der Waals surface area contributed by atoms with Crippen LogP contribution in [0.15, 0.2) is 46.0 Å². The van der Waals surface area contributed by atoms with Crippen molar-refractivity contribution < 1.29 is 14.6 Å². The van der Waals surface area contributed by atoms with Gasteiger partial charge in [-0.15, -0.1) is 0 Å². The summed E-state index contributed by atoms with van der Waals surface area (Å²) >= 11 is 8.97. The van der Waals surface area contributed by atoms with E-state index in [0.29, 0.717) is 26.4 Å². The minimum absolute atomic E-state index is 0.00449. The van der Waals surface area contributed by atoms with E-state index < -0.39 is 0 Å². The number of aromatic hydroxyl groups is 1. The molecule has 0 aliphatic heterocycles. The Morgan fingerprint density at radius 1 is 1.36 bits per heavy atom. The van der Waals surface area contributed by atoms with E-state index in [1.54, 1.807) is 36.4 Å². The van der Waals surface area contributed by atoms with Crippen molar-refractivity contribution in [1.29, 1.82) is 0 Å². The zero-order valence-electron chi connectivity index (χ0n) is 11.5. The fraction of sp³-hybridized carbons (Fsp3) is 0.0667. The lowest BCUT2D eigenvalue weighted by Crippen LogP contribution is -2.17. The number of phenols is 1. The highest BCUT2D eigenvalue weighted by atomic mass is 79.9. The number of amides is 1. The topological polar surface area (TPSA) is 70.9 Å². The van der Waals surface area contributed by atoms with Gasteiger partial charge in [-0.2, -0.15) is 5.10 Å². The van der Waals surface area contributed by atoms with Crippen molar-refractivity contribution in [2.24, 2.45) is 5.10 Å². The summed E-state index contributed by atoms with van der Waals surface area (Å²) < 4.78 is 5.50. The maximum absolute atomic E-state index is 11.8. The van der Waals surface area contributed by atoms with E-state index in [4.69, 9.17) is 16.3 Å². The number of rotatable bonds is 4.